The topological polar surface area (TPSA) is 75.2 Å². The van der Waals surface area contributed by atoms with Gasteiger partial charge in [-0.1, -0.05) is 42.5 Å². The first-order valence-electron chi connectivity index (χ1n) is 10.3. The van der Waals surface area contributed by atoms with Gasteiger partial charge < -0.3 is 10.2 Å². The number of benzene rings is 2. The van der Waals surface area contributed by atoms with Gasteiger partial charge >= 0.3 is 0 Å². The maximum absolute atomic E-state index is 12.3. The molecule has 6 nitrogen and oxygen atoms in total. The Morgan fingerprint density at radius 1 is 1.06 bits per heavy atom. The highest BCUT2D eigenvalue weighted by Gasteiger charge is 2.13. The summed E-state index contributed by atoms with van der Waals surface area (Å²) >= 11 is 3.06. The molecule has 4 aromatic rings. The number of nitrogens with one attached hydrogen (secondary N) is 1. The average molecular weight is 479 g/mol. The predicted molar refractivity (Wildman–Crippen MR) is 138 cm³/mol. The Kier molecular flexibility index (Phi) is 8.46. The van der Waals surface area contributed by atoms with E-state index >= 15 is 0 Å². The Morgan fingerprint density at radius 3 is 2.42 bits per heavy atom. The third-order valence-electron chi connectivity index (χ3n) is 4.61. The van der Waals surface area contributed by atoms with Crippen molar-refractivity contribution in [3.05, 3.63) is 81.8 Å². The highest BCUT2D eigenvalue weighted by atomic mass is 32.1. The van der Waals surface area contributed by atoms with Crippen molar-refractivity contribution in [3.63, 3.8) is 0 Å². The second-order valence-electron chi connectivity index (χ2n) is 7.50. The van der Waals surface area contributed by atoms with Crippen molar-refractivity contribution in [1.82, 2.24) is 9.97 Å². The minimum absolute atomic E-state index is 0.0611. The predicted octanol–water partition coefficient (Wildman–Crippen LogP) is 5.63. The van der Waals surface area contributed by atoms with Gasteiger partial charge in [0.15, 0.2) is 5.13 Å². The minimum Gasteiger partial charge on any atom is -0.378 e. The number of aldehydes is 1. The number of aromatic nitrogens is 2. The zero-order chi connectivity index (χ0) is 23.8. The zero-order valence-corrected chi connectivity index (χ0v) is 20.7. The van der Waals surface area contributed by atoms with E-state index in [1.807, 2.05) is 80.7 Å². The molecule has 0 aliphatic rings. The number of thiazole rings is 2. The molecule has 2 heterocycles. The molecule has 0 saturated carbocycles. The molecule has 8 heteroatoms. The summed E-state index contributed by atoms with van der Waals surface area (Å²) in [7, 11) is 3.97. The van der Waals surface area contributed by atoms with Gasteiger partial charge in [0.25, 0.3) is 0 Å². The summed E-state index contributed by atoms with van der Waals surface area (Å²) in [5, 5.41) is 6.50. The van der Waals surface area contributed by atoms with E-state index in [2.05, 4.69) is 15.3 Å². The third kappa shape index (κ3) is 7.06. The Morgan fingerprint density at radius 2 is 1.82 bits per heavy atom. The fourth-order valence-electron chi connectivity index (χ4n) is 3.03. The van der Waals surface area contributed by atoms with Crippen molar-refractivity contribution in [3.8, 4) is 10.6 Å². The van der Waals surface area contributed by atoms with Gasteiger partial charge in [0.2, 0.25) is 5.91 Å². The van der Waals surface area contributed by atoms with Gasteiger partial charge in [0, 0.05) is 30.7 Å². The van der Waals surface area contributed by atoms with Crippen LogP contribution >= 0.6 is 22.7 Å². The number of carbonyl (C=O) groups excluding carboxylic acids is 2. The van der Waals surface area contributed by atoms with Gasteiger partial charge in [0.1, 0.15) is 6.29 Å². The summed E-state index contributed by atoms with van der Waals surface area (Å²) in [5.74, 6) is -0.0611. The molecule has 1 amide bonds. The summed E-state index contributed by atoms with van der Waals surface area (Å²) in [6, 6.07) is 17.1. The minimum atomic E-state index is -0.0611. The van der Waals surface area contributed by atoms with Crippen LogP contribution in [0.1, 0.15) is 26.6 Å². The van der Waals surface area contributed by atoms with E-state index in [1.165, 1.54) is 11.3 Å². The van der Waals surface area contributed by atoms with Crippen molar-refractivity contribution >= 4 is 45.7 Å². The smallest absolute Gasteiger partial charge is 0.230 e. The maximum Gasteiger partial charge on any atom is 0.230 e. The first kappa shape index (κ1) is 24.3. The van der Waals surface area contributed by atoms with Crippen LogP contribution in [-0.2, 0) is 11.2 Å². The maximum atomic E-state index is 12.3. The van der Waals surface area contributed by atoms with Gasteiger partial charge in [-0.2, -0.15) is 0 Å². The quantitative estimate of drug-likeness (QED) is 0.364. The van der Waals surface area contributed by atoms with Gasteiger partial charge in [-0.25, -0.2) is 9.97 Å². The molecule has 33 heavy (non-hydrogen) atoms. The van der Waals surface area contributed by atoms with Crippen LogP contribution in [0.4, 0.5) is 10.8 Å². The van der Waals surface area contributed by atoms with E-state index in [-0.39, 0.29) is 5.91 Å². The first-order chi connectivity index (χ1) is 15.9. The largest absolute Gasteiger partial charge is 0.378 e. The lowest BCUT2D eigenvalue weighted by molar-refractivity contribution is -0.115. The lowest BCUT2D eigenvalue weighted by atomic mass is 10.1. The van der Waals surface area contributed by atoms with E-state index in [4.69, 9.17) is 0 Å². The SMILES string of the molecule is Cc1nc(C)c(-c2csc(NC(=O)Cc3cccc(N(C)C)c3)n2)s1.O=Cc1ccccc1. The molecule has 0 unspecified atom stereocenters. The number of aryl methyl sites for hydroxylation is 2. The molecule has 0 saturated heterocycles. The molecule has 2 aromatic heterocycles. The second-order valence-corrected chi connectivity index (χ2v) is 9.56. The monoisotopic (exact) mass is 478 g/mol. The van der Waals surface area contributed by atoms with Gasteiger partial charge in [-0.15, -0.1) is 22.7 Å². The Hall–Kier alpha value is -3.36. The number of anilines is 2. The average Bonchev–Trinajstić information content (AvgIpc) is 3.40. The van der Waals surface area contributed by atoms with Crippen LogP contribution in [0.2, 0.25) is 0 Å². The highest BCUT2D eigenvalue weighted by Crippen LogP contribution is 2.32. The molecule has 2 aromatic carbocycles. The van der Waals surface area contributed by atoms with Crippen molar-refractivity contribution in [2.75, 3.05) is 24.3 Å². The standard InChI is InChI=1S/C18H20N4OS2.C7H6O/c1-11-17(25-12(2)19-11)15-10-24-18(20-15)21-16(23)9-13-6-5-7-14(8-13)22(3)4;8-6-7-4-2-1-3-5-7/h5-8,10H,9H2,1-4H3,(H,20,21,23);1-6H. The second kappa shape index (κ2) is 11.5. The van der Waals surface area contributed by atoms with E-state index in [1.54, 1.807) is 23.5 Å². The van der Waals surface area contributed by atoms with Crippen LogP contribution in [-0.4, -0.2) is 36.3 Å². The van der Waals surface area contributed by atoms with Crippen LogP contribution in [0.3, 0.4) is 0 Å². The Bertz CT molecular complexity index is 1220. The molecule has 0 aliphatic carbocycles. The van der Waals surface area contributed by atoms with Gasteiger partial charge in [-0.3, -0.25) is 9.59 Å². The normalized spacial score (nSPS) is 10.2. The molecule has 0 radical (unpaired) electrons. The molecule has 170 valence electrons. The molecular formula is C25H26N4O2S2. The number of hydrogen-bond donors (Lipinski definition) is 1. The van der Waals surface area contributed by atoms with E-state index in [0.29, 0.717) is 11.6 Å². The lowest BCUT2D eigenvalue weighted by Gasteiger charge is -2.13. The summed E-state index contributed by atoms with van der Waals surface area (Å²) < 4.78 is 0. The molecule has 1 N–H and O–H groups in total. The van der Waals surface area contributed by atoms with Gasteiger partial charge in [-0.05, 0) is 31.5 Å². The first-order valence-corrected chi connectivity index (χ1v) is 12.0. The number of carbonyl (C=O) groups is 2. The van der Waals surface area contributed by atoms with E-state index < -0.39 is 0 Å². The summed E-state index contributed by atoms with van der Waals surface area (Å²) in [4.78, 5) is 34.4. The molecule has 0 spiro atoms. The van der Waals surface area contributed by atoms with Crippen molar-refractivity contribution < 1.29 is 9.59 Å². The molecular weight excluding hydrogens is 452 g/mol. The van der Waals surface area contributed by atoms with Crippen LogP contribution < -0.4 is 10.2 Å². The molecule has 0 fully saturated rings. The van der Waals surface area contributed by atoms with Crippen LogP contribution in [0.25, 0.3) is 10.6 Å². The van der Waals surface area contributed by atoms with Crippen LogP contribution in [0.5, 0.6) is 0 Å². The third-order valence-corrected chi connectivity index (χ3v) is 6.47. The number of rotatable bonds is 6. The van der Waals surface area contributed by atoms with Gasteiger partial charge in [0.05, 0.1) is 27.7 Å². The summed E-state index contributed by atoms with van der Waals surface area (Å²) in [5.41, 5.74) is 4.64. The molecule has 0 bridgehead atoms. The van der Waals surface area contributed by atoms with Crippen molar-refractivity contribution in [2.24, 2.45) is 0 Å². The summed E-state index contributed by atoms with van der Waals surface area (Å²) in [6.07, 6.45) is 1.16. The van der Waals surface area contributed by atoms with E-state index in [9.17, 15) is 9.59 Å². The van der Waals surface area contributed by atoms with E-state index in [0.717, 1.165) is 44.4 Å². The molecule has 0 atom stereocenters. The zero-order valence-electron chi connectivity index (χ0n) is 19.0. The Balaban J connectivity index is 0.000000323. The molecule has 4 rings (SSSR count). The number of amides is 1. The highest BCUT2D eigenvalue weighted by molar-refractivity contribution is 7.16. The van der Waals surface area contributed by atoms with Crippen LogP contribution in [0, 0.1) is 13.8 Å². The Labute approximate surface area is 202 Å². The van der Waals surface area contributed by atoms with Crippen molar-refractivity contribution in [1.29, 1.82) is 0 Å². The fourth-order valence-corrected chi connectivity index (χ4v) is 4.70. The molecule has 0 aliphatic heterocycles. The number of nitrogens with zero attached hydrogens (tertiary/aromatic N) is 3. The number of hydrogen-bond acceptors (Lipinski definition) is 7. The lowest BCUT2D eigenvalue weighted by Crippen LogP contribution is -2.15. The van der Waals surface area contributed by atoms with Crippen molar-refractivity contribution in [2.45, 2.75) is 20.3 Å². The summed E-state index contributed by atoms with van der Waals surface area (Å²) in [6.45, 7) is 3.96. The fraction of sp³-hybridized carbons (Fsp3) is 0.200. The van der Waals surface area contributed by atoms with Crippen LogP contribution in [0.15, 0.2) is 60.0 Å².